The Balaban J connectivity index is 0.000000393. The average molecular weight is 763 g/mol. The Hall–Kier alpha value is -1.96. The van der Waals surface area contributed by atoms with Crippen LogP contribution in [0.4, 0.5) is 0 Å². The molecule has 4 rings (SSSR count). The predicted molar refractivity (Wildman–Crippen MR) is 204 cm³/mol. The lowest BCUT2D eigenvalue weighted by Gasteiger charge is -2.21. The molecule has 0 aliphatic rings. The summed E-state index contributed by atoms with van der Waals surface area (Å²) < 4.78 is 20.8. The molecule has 0 heterocycles. The van der Waals surface area contributed by atoms with Crippen LogP contribution >= 0.6 is 56.2 Å². The average Bonchev–Trinajstić information content (AvgIpc) is 3.03. The molecule has 1 N–H and O–H groups in total. The van der Waals surface area contributed by atoms with Gasteiger partial charge in [0, 0.05) is 32.5 Å². The van der Waals surface area contributed by atoms with Gasteiger partial charge in [-0.25, -0.2) is 4.21 Å². The van der Waals surface area contributed by atoms with Crippen molar-refractivity contribution in [2.45, 2.75) is 78.1 Å². The van der Waals surface area contributed by atoms with Gasteiger partial charge < -0.3 is 14.6 Å². The number of alkyl halides is 3. The highest BCUT2D eigenvalue weighted by Gasteiger charge is 2.17. The highest BCUT2D eigenvalue weighted by molar-refractivity contribution is 8.26. The summed E-state index contributed by atoms with van der Waals surface area (Å²) in [7, 11) is 7.36. The fraction of sp³-hybridized carbons (Fsp3) is 0.351. The zero-order chi connectivity index (χ0) is 35.5. The Morgan fingerprint density at radius 2 is 0.957 bits per heavy atom. The first kappa shape index (κ1) is 43.1. The molecule has 4 aromatic carbocycles. The van der Waals surface area contributed by atoms with Crippen LogP contribution in [0.3, 0.4) is 0 Å². The van der Waals surface area contributed by atoms with Crippen LogP contribution in [0.25, 0.3) is 0 Å². The van der Waals surface area contributed by atoms with Gasteiger partial charge in [-0.15, -0.1) is 34.8 Å². The predicted octanol–water partition coefficient (Wildman–Crippen LogP) is 11.8. The normalized spacial score (nSPS) is 10.8. The number of aliphatic hydroxyl groups excluding tert-OH is 1. The van der Waals surface area contributed by atoms with Gasteiger partial charge in [0.25, 0.3) is 0 Å². The minimum Gasteiger partial charge on any atom is -0.489 e. The van der Waals surface area contributed by atoms with E-state index in [-0.39, 0.29) is 22.8 Å². The van der Waals surface area contributed by atoms with Gasteiger partial charge in [0.05, 0.1) is 17.8 Å². The molecule has 0 unspecified atom stereocenters. The van der Waals surface area contributed by atoms with E-state index in [2.05, 4.69) is 93.2 Å². The molecule has 0 saturated heterocycles. The summed E-state index contributed by atoms with van der Waals surface area (Å²) in [5.74, 6) is 2.09. The molecule has 0 amide bonds. The SMILES string of the molecule is CC(C)(C)c1ccc(OCc2ccccc2)c(CCl)c1.CC(C)(C)c1ccc(OCc2ccccc2)c(CO)c1.ClCCl.O=S(Cl)Cl. The van der Waals surface area contributed by atoms with Gasteiger partial charge in [0.2, 0.25) is 9.23 Å². The minimum atomic E-state index is -1.67. The largest absolute Gasteiger partial charge is 0.489 e. The molecule has 0 saturated carbocycles. The number of halogens is 5. The maximum atomic E-state index is 9.53. The van der Waals surface area contributed by atoms with E-state index < -0.39 is 9.23 Å². The Kier molecular flexibility index (Phi) is 20.7. The van der Waals surface area contributed by atoms with Crippen LogP contribution in [0.15, 0.2) is 97.1 Å². The van der Waals surface area contributed by atoms with Gasteiger partial charge in [-0.2, -0.15) is 0 Å². The van der Waals surface area contributed by atoms with Crippen molar-refractivity contribution in [2.24, 2.45) is 0 Å². The third kappa shape index (κ3) is 17.8. The molecular weight excluding hydrogens is 718 g/mol. The minimum absolute atomic E-state index is 0.00591. The van der Waals surface area contributed by atoms with Gasteiger partial charge in [0.15, 0.2) is 0 Å². The first-order valence-corrected chi connectivity index (χ1v) is 19.2. The maximum Gasteiger partial charge on any atom is 0.211 e. The quantitative estimate of drug-likeness (QED) is 0.143. The lowest BCUT2D eigenvalue weighted by molar-refractivity contribution is 0.258. The van der Waals surface area contributed by atoms with Crippen LogP contribution < -0.4 is 9.47 Å². The Morgan fingerprint density at radius 3 is 1.28 bits per heavy atom. The third-order valence-corrected chi connectivity index (χ3v) is 6.93. The number of ether oxygens (including phenoxy) is 2. The Bertz CT molecular complexity index is 1350. The van der Waals surface area contributed by atoms with Crippen LogP contribution in [-0.4, -0.2) is 14.7 Å². The molecule has 0 atom stereocenters. The molecule has 0 aliphatic heterocycles. The standard InChI is InChI=1S/C18H21ClO.C18H22O2.CH2Cl2.Cl2OS/c2*1-18(2,3)16-9-10-17(15(11-16)12-19)20-13-14-7-5-4-6-8-14;2-1-3;1-4(2)3/h4-11H,12-13H2,1-3H3;4-11,19H,12-13H2,1-3H3;1H2;. The first-order chi connectivity index (χ1) is 22.2. The highest BCUT2D eigenvalue weighted by atomic mass is 36.0. The topological polar surface area (TPSA) is 55.8 Å². The summed E-state index contributed by atoms with van der Waals surface area (Å²) in [6.07, 6.45) is 0. The van der Waals surface area contributed by atoms with Crippen LogP contribution in [0.5, 0.6) is 11.5 Å². The molecule has 10 heteroatoms. The van der Waals surface area contributed by atoms with E-state index in [1.807, 2.05) is 66.7 Å². The second-order valence-electron chi connectivity index (χ2n) is 12.3. The van der Waals surface area contributed by atoms with Crippen molar-refractivity contribution in [3.63, 3.8) is 0 Å². The van der Waals surface area contributed by atoms with Crippen molar-refractivity contribution < 1.29 is 18.8 Å². The summed E-state index contributed by atoms with van der Waals surface area (Å²) >= 11 is 15.6. The lowest BCUT2D eigenvalue weighted by Crippen LogP contribution is -2.12. The van der Waals surface area contributed by atoms with Crippen LogP contribution in [0, 0.1) is 0 Å². The van der Waals surface area contributed by atoms with Crippen LogP contribution in [-0.2, 0) is 45.8 Å². The van der Waals surface area contributed by atoms with Crippen molar-refractivity contribution in [3.8, 4) is 11.5 Å². The van der Waals surface area contributed by atoms with Crippen LogP contribution in [0.2, 0.25) is 0 Å². The van der Waals surface area contributed by atoms with Gasteiger partial charge in [0.1, 0.15) is 24.7 Å². The van der Waals surface area contributed by atoms with E-state index in [0.717, 1.165) is 33.8 Å². The molecule has 0 spiro atoms. The summed E-state index contributed by atoms with van der Waals surface area (Å²) in [6, 6.07) is 32.5. The zero-order valence-corrected chi connectivity index (χ0v) is 32.3. The molecule has 4 nitrogen and oxygen atoms in total. The van der Waals surface area contributed by atoms with Crippen molar-refractivity contribution in [1.82, 2.24) is 0 Å². The number of aliphatic hydroxyl groups is 1. The summed E-state index contributed by atoms with van der Waals surface area (Å²) in [5.41, 5.74) is 6.85. The second-order valence-corrected chi connectivity index (χ2v) is 15.9. The molecule has 0 bridgehead atoms. The molecule has 258 valence electrons. The smallest absolute Gasteiger partial charge is 0.211 e. The summed E-state index contributed by atoms with van der Waals surface area (Å²) in [6.45, 7) is 14.2. The van der Waals surface area contributed by atoms with E-state index in [1.165, 1.54) is 11.1 Å². The van der Waals surface area contributed by atoms with E-state index in [9.17, 15) is 5.11 Å². The van der Waals surface area contributed by atoms with Gasteiger partial charge >= 0.3 is 0 Å². The summed E-state index contributed by atoms with van der Waals surface area (Å²) in [5, 5.41) is 9.72. The molecule has 0 radical (unpaired) electrons. The molecule has 0 aliphatic carbocycles. The van der Waals surface area contributed by atoms with E-state index in [4.69, 9.17) is 48.5 Å². The van der Waals surface area contributed by atoms with E-state index in [0.29, 0.717) is 19.1 Å². The van der Waals surface area contributed by atoms with Crippen LogP contribution in [0.1, 0.15) is 74.9 Å². The highest BCUT2D eigenvalue weighted by Crippen LogP contribution is 2.30. The molecule has 0 fully saturated rings. The Labute approximate surface area is 307 Å². The van der Waals surface area contributed by atoms with Crippen molar-refractivity contribution in [3.05, 3.63) is 130 Å². The fourth-order valence-electron chi connectivity index (χ4n) is 4.07. The molecular formula is C37H45Cl5O4S. The monoisotopic (exact) mass is 760 g/mol. The summed E-state index contributed by atoms with van der Waals surface area (Å²) in [4.78, 5) is 0. The third-order valence-electron chi connectivity index (χ3n) is 6.64. The molecule has 47 heavy (non-hydrogen) atoms. The van der Waals surface area contributed by atoms with E-state index >= 15 is 0 Å². The lowest BCUT2D eigenvalue weighted by atomic mass is 9.86. The van der Waals surface area contributed by atoms with Crippen molar-refractivity contribution in [1.29, 1.82) is 0 Å². The van der Waals surface area contributed by atoms with Crippen molar-refractivity contribution in [2.75, 3.05) is 5.34 Å². The maximum absolute atomic E-state index is 9.53. The first-order valence-electron chi connectivity index (χ1n) is 14.8. The number of benzene rings is 4. The molecule has 4 aromatic rings. The fourth-order valence-corrected chi connectivity index (χ4v) is 4.28. The molecule has 0 aromatic heterocycles. The number of hydrogen-bond acceptors (Lipinski definition) is 4. The van der Waals surface area contributed by atoms with Gasteiger partial charge in [-0.1, -0.05) is 120 Å². The van der Waals surface area contributed by atoms with Gasteiger partial charge in [-0.05, 0) is 51.3 Å². The van der Waals surface area contributed by atoms with Crippen molar-refractivity contribution >= 4 is 65.4 Å². The zero-order valence-electron chi connectivity index (χ0n) is 27.7. The Morgan fingerprint density at radius 1 is 0.617 bits per heavy atom. The van der Waals surface area contributed by atoms with E-state index in [1.54, 1.807) is 0 Å². The van der Waals surface area contributed by atoms with Gasteiger partial charge in [-0.3, -0.25) is 0 Å². The second kappa shape index (κ2) is 22.6. The number of rotatable bonds is 8. The number of hydrogen-bond donors (Lipinski definition) is 1.